The summed E-state index contributed by atoms with van der Waals surface area (Å²) in [5.74, 6) is -0.114. The lowest BCUT2D eigenvalue weighted by molar-refractivity contribution is -0.130. The number of rotatable bonds is 7. The van der Waals surface area contributed by atoms with E-state index < -0.39 is 16.1 Å². The number of sulfonamides is 1. The van der Waals surface area contributed by atoms with E-state index in [1.165, 1.54) is 30.5 Å². The number of hydrogen-bond donors (Lipinski definition) is 1. The van der Waals surface area contributed by atoms with Crippen molar-refractivity contribution in [3.63, 3.8) is 0 Å². The molecule has 0 bridgehead atoms. The molecule has 0 radical (unpaired) electrons. The topological polar surface area (TPSA) is 106 Å². The van der Waals surface area contributed by atoms with Gasteiger partial charge in [-0.3, -0.25) is 9.69 Å². The third kappa shape index (κ3) is 5.70. The molecule has 8 nitrogen and oxygen atoms in total. The average molecular weight is 463 g/mol. The summed E-state index contributed by atoms with van der Waals surface area (Å²) in [5.41, 5.74) is 1.16. The molecule has 0 aliphatic carbocycles. The minimum Gasteiger partial charge on any atom is -0.483 e. The number of primary sulfonamides is 1. The zero-order valence-electron chi connectivity index (χ0n) is 18.1. The molecule has 2 heterocycles. The number of amides is 1. The van der Waals surface area contributed by atoms with Crippen LogP contribution in [0.4, 0.5) is 4.39 Å². The number of aryl methyl sites for hydroxylation is 1. The summed E-state index contributed by atoms with van der Waals surface area (Å²) in [6.45, 7) is 9.43. The summed E-state index contributed by atoms with van der Waals surface area (Å²) in [7, 11) is -3.92. The first-order chi connectivity index (χ1) is 15.1. The molecule has 1 unspecified atom stereocenters. The van der Waals surface area contributed by atoms with Crippen molar-refractivity contribution in [1.29, 1.82) is 0 Å². The van der Waals surface area contributed by atoms with E-state index in [1.807, 2.05) is 6.92 Å². The number of halogens is 1. The Morgan fingerprint density at radius 3 is 2.69 bits per heavy atom. The maximum Gasteiger partial charge on any atom is 0.255 e. The number of pyridine rings is 1. The summed E-state index contributed by atoms with van der Waals surface area (Å²) in [5, 5.41) is 4.83. The summed E-state index contributed by atoms with van der Waals surface area (Å²) >= 11 is 0. The van der Waals surface area contributed by atoms with E-state index in [1.54, 1.807) is 24.0 Å². The molecule has 2 atom stereocenters. The minimum absolute atomic E-state index is 0.0136. The number of piperazine rings is 1. The number of nitrogens with zero attached hydrogens (tertiary/aromatic N) is 3. The minimum atomic E-state index is -3.92. The second-order valence-corrected chi connectivity index (χ2v) is 9.34. The van der Waals surface area contributed by atoms with Crippen molar-refractivity contribution in [2.45, 2.75) is 31.0 Å². The number of benzene rings is 1. The molecule has 1 aromatic carbocycles. The lowest BCUT2D eigenvalue weighted by Gasteiger charge is -2.40. The second-order valence-electron chi connectivity index (χ2n) is 7.84. The molecule has 1 aromatic heterocycles. The zero-order chi connectivity index (χ0) is 23.5. The largest absolute Gasteiger partial charge is 0.483 e. The molecule has 0 spiro atoms. The smallest absolute Gasteiger partial charge is 0.255 e. The summed E-state index contributed by atoms with van der Waals surface area (Å²) in [6, 6.07) is 7.64. The highest BCUT2D eigenvalue weighted by Crippen LogP contribution is 2.26. The van der Waals surface area contributed by atoms with Gasteiger partial charge in [-0.2, -0.15) is 0 Å². The van der Waals surface area contributed by atoms with Crippen molar-refractivity contribution in [2.75, 3.05) is 26.2 Å². The van der Waals surface area contributed by atoms with E-state index in [0.29, 0.717) is 43.1 Å². The van der Waals surface area contributed by atoms with E-state index >= 15 is 0 Å². The Bertz CT molecular complexity index is 1090. The molecule has 10 heteroatoms. The molecule has 0 saturated carbocycles. The predicted octanol–water partition coefficient (Wildman–Crippen LogP) is 2.02. The Hall–Kier alpha value is -2.82. The van der Waals surface area contributed by atoms with Gasteiger partial charge in [0.15, 0.2) is 5.03 Å². The Labute approximate surface area is 187 Å². The van der Waals surface area contributed by atoms with Crippen molar-refractivity contribution in [1.82, 2.24) is 14.8 Å². The highest BCUT2D eigenvalue weighted by Gasteiger charge is 2.28. The molecule has 2 aromatic rings. The van der Waals surface area contributed by atoms with E-state index in [0.717, 1.165) is 0 Å². The Balaban J connectivity index is 1.81. The number of hydrogen-bond acceptors (Lipinski definition) is 6. The fourth-order valence-corrected chi connectivity index (χ4v) is 4.12. The van der Waals surface area contributed by atoms with Crippen molar-refractivity contribution >= 4 is 15.9 Å². The van der Waals surface area contributed by atoms with Gasteiger partial charge in [0.2, 0.25) is 5.91 Å². The lowest BCUT2D eigenvalue weighted by atomic mass is 10.0. The molecule has 1 aliphatic rings. The molecule has 3 rings (SSSR count). The maximum absolute atomic E-state index is 14.3. The summed E-state index contributed by atoms with van der Waals surface area (Å²) in [4.78, 5) is 19.8. The molecule has 1 fully saturated rings. The molecule has 1 saturated heterocycles. The lowest BCUT2D eigenvalue weighted by Crippen LogP contribution is -2.54. The Morgan fingerprint density at radius 1 is 1.38 bits per heavy atom. The molecular formula is C22H27FN4O4S. The highest BCUT2D eigenvalue weighted by atomic mass is 32.2. The van der Waals surface area contributed by atoms with Gasteiger partial charge < -0.3 is 9.64 Å². The predicted molar refractivity (Wildman–Crippen MR) is 118 cm³/mol. The monoisotopic (exact) mass is 462 g/mol. The van der Waals surface area contributed by atoms with Crippen LogP contribution in [0.5, 0.6) is 5.75 Å². The summed E-state index contributed by atoms with van der Waals surface area (Å²) < 4.78 is 43.2. The van der Waals surface area contributed by atoms with Crippen LogP contribution in [-0.4, -0.2) is 61.3 Å². The van der Waals surface area contributed by atoms with E-state index in [-0.39, 0.29) is 22.8 Å². The first-order valence-electron chi connectivity index (χ1n) is 10.2. The standard InChI is InChI=1S/C22H27FN4O4S/c1-4-22(28)27-10-9-26(13-16(27)3)14-20(17-6-5-15(2)19(23)11-17)31-18-7-8-21(25-12-18)32(24,29)30/h4-8,11-12,16,20H,1,9-10,13-14H2,2-3H3,(H2,24,29,30)/t16-,20?/m1/s1. The normalized spacial score (nSPS) is 18.2. The fourth-order valence-electron chi connectivity index (χ4n) is 3.67. The Kier molecular flexibility index (Phi) is 7.27. The van der Waals surface area contributed by atoms with Gasteiger partial charge in [-0.05, 0) is 49.2 Å². The first kappa shape index (κ1) is 23.8. The quantitative estimate of drug-likeness (QED) is 0.631. The van der Waals surface area contributed by atoms with Gasteiger partial charge in [0.1, 0.15) is 17.7 Å². The summed E-state index contributed by atoms with van der Waals surface area (Å²) in [6.07, 6.45) is 2.05. The fraction of sp³-hybridized carbons (Fsp3) is 0.364. The van der Waals surface area contributed by atoms with Crippen LogP contribution in [0.15, 0.2) is 54.2 Å². The number of carbonyl (C=O) groups excluding carboxylic acids is 1. The van der Waals surface area contributed by atoms with Crippen LogP contribution in [0.25, 0.3) is 0 Å². The van der Waals surface area contributed by atoms with E-state index in [4.69, 9.17) is 9.88 Å². The van der Waals surface area contributed by atoms with Crippen LogP contribution in [0.1, 0.15) is 24.2 Å². The van der Waals surface area contributed by atoms with Crippen molar-refractivity contribution in [2.24, 2.45) is 5.14 Å². The zero-order valence-corrected chi connectivity index (χ0v) is 18.9. The van der Waals surface area contributed by atoms with Crippen LogP contribution in [-0.2, 0) is 14.8 Å². The molecule has 32 heavy (non-hydrogen) atoms. The third-order valence-electron chi connectivity index (χ3n) is 5.44. The molecular weight excluding hydrogens is 435 g/mol. The van der Waals surface area contributed by atoms with E-state index in [2.05, 4.69) is 16.5 Å². The van der Waals surface area contributed by atoms with Gasteiger partial charge >= 0.3 is 0 Å². The van der Waals surface area contributed by atoms with Crippen molar-refractivity contribution in [3.8, 4) is 5.75 Å². The molecule has 172 valence electrons. The Morgan fingerprint density at radius 2 is 2.12 bits per heavy atom. The van der Waals surface area contributed by atoms with Crippen molar-refractivity contribution < 1.29 is 22.3 Å². The number of ether oxygens (including phenoxy) is 1. The van der Waals surface area contributed by atoms with Crippen LogP contribution >= 0.6 is 0 Å². The van der Waals surface area contributed by atoms with Gasteiger partial charge in [-0.25, -0.2) is 22.9 Å². The average Bonchev–Trinajstić information content (AvgIpc) is 2.74. The SMILES string of the molecule is C=CC(=O)N1CCN(CC(Oc2ccc(S(N)(=O)=O)nc2)c2ccc(C)c(F)c2)C[C@H]1C. The van der Waals surface area contributed by atoms with Gasteiger partial charge in [-0.15, -0.1) is 0 Å². The highest BCUT2D eigenvalue weighted by molar-refractivity contribution is 7.89. The van der Waals surface area contributed by atoms with Gasteiger partial charge in [0, 0.05) is 32.2 Å². The number of aromatic nitrogens is 1. The second kappa shape index (κ2) is 9.76. The molecule has 1 amide bonds. The number of carbonyl (C=O) groups is 1. The van der Waals surface area contributed by atoms with Crippen molar-refractivity contribution in [3.05, 3.63) is 66.1 Å². The third-order valence-corrected chi connectivity index (χ3v) is 6.26. The van der Waals surface area contributed by atoms with Crippen LogP contribution in [0.3, 0.4) is 0 Å². The van der Waals surface area contributed by atoms with Crippen LogP contribution in [0.2, 0.25) is 0 Å². The maximum atomic E-state index is 14.3. The van der Waals surface area contributed by atoms with Crippen LogP contribution < -0.4 is 9.88 Å². The van der Waals surface area contributed by atoms with Gasteiger partial charge in [-0.1, -0.05) is 18.7 Å². The first-order valence-corrected chi connectivity index (χ1v) is 11.7. The molecule has 2 N–H and O–H groups in total. The molecule has 1 aliphatic heterocycles. The van der Waals surface area contributed by atoms with Gasteiger partial charge in [0.25, 0.3) is 10.0 Å². The van der Waals surface area contributed by atoms with Gasteiger partial charge in [0.05, 0.1) is 6.20 Å². The number of nitrogens with two attached hydrogens (primary N) is 1. The van der Waals surface area contributed by atoms with E-state index in [9.17, 15) is 17.6 Å². The van der Waals surface area contributed by atoms with Crippen LogP contribution in [0, 0.1) is 12.7 Å².